The first-order valence-electron chi connectivity index (χ1n) is 8.91. The van der Waals surface area contributed by atoms with E-state index in [4.69, 9.17) is 4.74 Å². The van der Waals surface area contributed by atoms with E-state index in [0.29, 0.717) is 21.7 Å². The highest BCUT2D eigenvalue weighted by atomic mass is 32.2. The van der Waals surface area contributed by atoms with Crippen molar-refractivity contribution in [3.8, 4) is 0 Å². The fourth-order valence-corrected chi connectivity index (χ4v) is 6.05. The molecule has 154 valence electrons. The van der Waals surface area contributed by atoms with Crippen LogP contribution in [0.3, 0.4) is 0 Å². The minimum atomic E-state index is -3.22. The number of carbonyl (C=O) groups excluding carboxylic acids is 3. The number of fused-ring (bicyclic) bond motifs is 1. The van der Waals surface area contributed by atoms with E-state index in [-0.39, 0.29) is 41.0 Å². The van der Waals surface area contributed by atoms with Crippen molar-refractivity contribution < 1.29 is 27.5 Å². The molecule has 1 aliphatic heterocycles. The number of carbonyl (C=O) groups is 3. The fraction of sp³-hybridized carbons (Fsp3) is 0.316. The van der Waals surface area contributed by atoms with E-state index in [0.717, 1.165) is 11.3 Å². The Labute approximate surface area is 172 Å². The highest BCUT2D eigenvalue weighted by molar-refractivity contribution is 7.90. The van der Waals surface area contributed by atoms with Crippen molar-refractivity contribution in [3.63, 3.8) is 0 Å². The van der Waals surface area contributed by atoms with E-state index in [1.807, 2.05) is 0 Å². The number of thiophene rings is 1. The molecule has 29 heavy (non-hydrogen) atoms. The second-order valence-electron chi connectivity index (χ2n) is 6.48. The third-order valence-corrected chi connectivity index (χ3v) is 7.16. The van der Waals surface area contributed by atoms with Crippen LogP contribution in [0.1, 0.15) is 45.0 Å². The molecule has 0 unspecified atom stereocenters. The van der Waals surface area contributed by atoms with E-state index in [9.17, 15) is 22.8 Å². The highest BCUT2D eigenvalue weighted by Gasteiger charge is 2.32. The van der Waals surface area contributed by atoms with Gasteiger partial charge in [-0.05, 0) is 43.2 Å². The highest BCUT2D eigenvalue weighted by Crippen LogP contribution is 2.38. The number of hydrogen-bond donors (Lipinski definition) is 2. The zero-order valence-electron chi connectivity index (χ0n) is 15.9. The van der Waals surface area contributed by atoms with Crippen molar-refractivity contribution in [2.24, 2.45) is 0 Å². The number of esters is 1. The maximum absolute atomic E-state index is 12.7. The predicted octanol–water partition coefficient (Wildman–Crippen LogP) is 2.61. The Hall–Kier alpha value is -2.72. The van der Waals surface area contributed by atoms with Gasteiger partial charge in [0.1, 0.15) is 5.00 Å². The summed E-state index contributed by atoms with van der Waals surface area (Å²) in [5, 5.41) is 5.60. The van der Waals surface area contributed by atoms with E-state index >= 15 is 0 Å². The normalized spacial score (nSPS) is 14.6. The molecule has 0 atom stereocenters. The predicted molar refractivity (Wildman–Crippen MR) is 110 cm³/mol. The lowest BCUT2D eigenvalue weighted by Crippen LogP contribution is -2.20. The molecule has 0 fully saturated rings. The Balaban J connectivity index is 1.89. The molecule has 8 nitrogen and oxygen atoms in total. The lowest BCUT2D eigenvalue weighted by atomic mass is 10.1. The molecule has 1 aromatic heterocycles. The first kappa shape index (κ1) is 21.0. The third-order valence-electron chi connectivity index (χ3n) is 4.28. The SMILES string of the molecule is CCOC(=O)c1c(NC(=O)c2ccc(NC(C)=O)cc2)sc2c1CCS(=O)(=O)C2. The number of nitrogens with one attached hydrogen (secondary N) is 2. The molecule has 2 heterocycles. The summed E-state index contributed by atoms with van der Waals surface area (Å²) >= 11 is 1.08. The van der Waals surface area contributed by atoms with Crippen LogP contribution in [0.25, 0.3) is 0 Å². The Kier molecular flexibility index (Phi) is 6.04. The first-order valence-corrected chi connectivity index (χ1v) is 11.5. The smallest absolute Gasteiger partial charge is 0.341 e. The monoisotopic (exact) mass is 436 g/mol. The molecule has 2 aromatic rings. The van der Waals surface area contributed by atoms with Gasteiger partial charge in [0.05, 0.1) is 23.7 Å². The summed E-state index contributed by atoms with van der Waals surface area (Å²) in [6.07, 6.45) is 0.212. The fourth-order valence-electron chi connectivity index (χ4n) is 3.01. The van der Waals surface area contributed by atoms with Crippen LogP contribution < -0.4 is 10.6 Å². The Bertz CT molecular complexity index is 1070. The zero-order valence-corrected chi connectivity index (χ0v) is 17.5. The largest absolute Gasteiger partial charge is 0.462 e. The zero-order chi connectivity index (χ0) is 21.2. The number of rotatable bonds is 5. The van der Waals surface area contributed by atoms with Crippen molar-refractivity contribution in [2.75, 3.05) is 23.0 Å². The second-order valence-corrected chi connectivity index (χ2v) is 9.77. The van der Waals surface area contributed by atoms with Crippen LogP contribution >= 0.6 is 11.3 Å². The average Bonchev–Trinajstić information content (AvgIpc) is 2.97. The van der Waals surface area contributed by atoms with Crippen LogP contribution in [0.15, 0.2) is 24.3 Å². The Morgan fingerprint density at radius 1 is 1.14 bits per heavy atom. The molecule has 0 radical (unpaired) electrons. The van der Waals surface area contributed by atoms with Gasteiger partial charge in [0.2, 0.25) is 5.91 Å². The number of ether oxygens (including phenoxy) is 1. The van der Waals surface area contributed by atoms with Gasteiger partial charge >= 0.3 is 5.97 Å². The summed E-state index contributed by atoms with van der Waals surface area (Å²) in [6.45, 7) is 3.23. The summed E-state index contributed by atoms with van der Waals surface area (Å²) in [5.74, 6) is -1.45. The van der Waals surface area contributed by atoms with Gasteiger partial charge in [-0.3, -0.25) is 9.59 Å². The number of benzene rings is 1. The maximum Gasteiger partial charge on any atom is 0.341 e. The molecule has 1 aliphatic rings. The summed E-state index contributed by atoms with van der Waals surface area (Å²) < 4.78 is 29.0. The van der Waals surface area contributed by atoms with Crippen LogP contribution in [0.2, 0.25) is 0 Å². The number of hydrogen-bond acceptors (Lipinski definition) is 7. The molecular weight excluding hydrogens is 416 g/mol. The number of amides is 2. The van der Waals surface area contributed by atoms with Crippen LogP contribution in [-0.2, 0) is 31.5 Å². The minimum absolute atomic E-state index is 0.0405. The summed E-state index contributed by atoms with van der Waals surface area (Å²) in [6, 6.07) is 6.27. The van der Waals surface area contributed by atoms with Crippen LogP contribution in [0.5, 0.6) is 0 Å². The van der Waals surface area contributed by atoms with Crippen molar-refractivity contribution in [1.82, 2.24) is 0 Å². The van der Waals surface area contributed by atoms with Gasteiger partial charge in [-0.1, -0.05) is 0 Å². The van der Waals surface area contributed by atoms with Gasteiger partial charge in [-0.2, -0.15) is 0 Å². The van der Waals surface area contributed by atoms with Gasteiger partial charge < -0.3 is 15.4 Å². The van der Waals surface area contributed by atoms with Crippen molar-refractivity contribution in [3.05, 3.63) is 45.8 Å². The molecule has 0 bridgehead atoms. The van der Waals surface area contributed by atoms with Gasteiger partial charge in [-0.15, -0.1) is 11.3 Å². The lowest BCUT2D eigenvalue weighted by molar-refractivity contribution is -0.114. The molecule has 0 saturated carbocycles. The average molecular weight is 437 g/mol. The van der Waals surface area contributed by atoms with E-state index in [1.54, 1.807) is 31.2 Å². The molecule has 0 saturated heterocycles. The molecule has 1 aromatic carbocycles. The molecule has 0 spiro atoms. The first-order chi connectivity index (χ1) is 13.7. The Morgan fingerprint density at radius 3 is 2.45 bits per heavy atom. The van der Waals surface area contributed by atoms with E-state index < -0.39 is 21.7 Å². The minimum Gasteiger partial charge on any atom is -0.462 e. The quantitative estimate of drug-likeness (QED) is 0.696. The number of sulfone groups is 1. The lowest BCUT2D eigenvalue weighted by Gasteiger charge is -2.13. The van der Waals surface area contributed by atoms with Gasteiger partial charge in [-0.25, -0.2) is 13.2 Å². The van der Waals surface area contributed by atoms with Crippen molar-refractivity contribution >= 4 is 49.6 Å². The molecule has 10 heteroatoms. The Morgan fingerprint density at radius 2 is 1.83 bits per heavy atom. The van der Waals surface area contributed by atoms with Gasteiger partial charge in [0, 0.05) is 23.1 Å². The topological polar surface area (TPSA) is 119 Å². The second kappa shape index (κ2) is 8.34. The summed E-state index contributed by atoms with van der Waals surface area (Å²) in [7, 11) is -3.22. The summed E-state index contributed by atoms with van der Waals surface area (Å²) in [4.78, 5) is 36.8. The van der Waals surface area contributed by atoms with Crippen LogP contribution in [0.4, 0.5) is 10.7 Å². The maximum atomic E-state index is 12.7. The van der Waals surface area contributed by atoms with E-state index in [2.05, 4.69) is 10.6 Å². The third kappa shape index (κ3) is 4.83. The summed E-state index contributed by atoms with van der Waals surface area (Å²) in [5.41, 5.74) is 1.73. The molecular formula is C19H20N2O6S2. The molecule has 2 amide bonds. The standard InChI is InChI=1S/C19H20N2O6S2/c1-3-27-19(24)16-14-8-9-29(25,26)10-15(14)28-18(16)21-17(23)12-4-6-13(7-5-12)20-11(2)22/h4-7H,3,8-10H2,1-2H3,(H,20,22)(H,21,23). The molecule has 3 rings (SSSR count). The van der Waals surface area contributed by atoms with E-state index in [1.165, 1.54) is 6.92 Å². The van der Waals surface area contributed by atoms with Crippen LogP contribution in [0, 0.1) is 0 Å². The van der Waals surface area contributed by atoms with Crippen molar-refractivity contribution in [1.29, 1.82) is 0 Å². The molecule has 0 aliphatic carbocycles. The molecule has 2 N–H and O–H groups in total. The van der Waals surface area contributed by atoms with Gasteiger partial charge in [0.25, 0.3) is 5.91 Å². The van der Waals surface area contributed by atoms with Crippen molar-refractivity contribution in [2.45, 2.75) is 26.0 Å². The van der Waals surface area contributed by atoms with Gasteiger partial charge in [0.15, 0.2) is 9.84 Å². The number of anilines is 2. The van der Waals surface area contributed by atoms with Crippen LogP contribution in [-0.4, -0.2) is 38.6 Å².